The third-order valence-corrected chi connectivity index (χ3v) is 4.54. The van der Waals surface area contributed by atoms with Crippen LogP contribution < -0.4 is 10.6 Å². The van der Waals surface area contributed by atoms with Crippen molar-refractivity contribution in [3.05, 3.63) is 48.6 Å². The van der Waals surface area contributed by atoms with Gasteiger partial charge in [-0.3, -0.25) is 9.89 Å². The van der Waals surface area contributed by atoms with E-state index in [9.17, 15) is 0 Å². The molecule has 4 nitrogen and oxygen atoms in total. The number of likely N-dealkylation sites (tertiary alicyclic amines) is 1. The standard InChI is InChI=1S/C19H30N4/c1-4-12-21-19(20-3)22-15-18(17-8-6-5-7-9-17)23-13-10-16(2)11-14-23/h4-9,16,18H,1,10-15H2,2-3H3,(H2,20,21,22). The van der Waals surface area contributed by atoms with Crippen molar-refractivity contribution in [2.45, 2.75) is 25.8 Å². The first kappa shape index (κ1) is 17.5. The van der Waals surface area contributed by atoms with E-state index in [1.165, 1.54) is 31.5 Å². The molecule has 1 saturated heterocycles. The van der Waals surface area contributed by atoms with Crippen molar-refractivity contribution in [1.82, 2.24) is 15.5 Å². The highest BCUT2D eigenvalue weighted by molar-refractivity contribution is 5.79. The maximum Gasteiger partial charge on any atom is 0.191 e. The summed E-state index contributed by atoms with van der Waals surface area (Å²) in [7, 11) is 1.80. The van der Waals surface area contributed by atoms with E-state index in [-0.39, 0.29) is 0 Å². The molecule has 0 amide bonds. The molecule has 126 valence electrons. The van der Waals surface area contributed by atoms with Crippen molar-refractivity contribution in [3.63, 3.8) is 0 Å². The molecule has 0 aromatic heterocycles. The van der Waals surface area contributed by atoms with Crippen LogP contribution in [0.1, 0.15) is 31.4 Å². The Hall–Kier alpha value is -1.81. The highest BCUT2D eigenvalue weighted by Crippen LogP contribution is 2.26. The van der Waals surface area contributed by atoms with Gasteiger partial charge in [0.2, 0.25) is 0 Å². The van der Waals surface area contributed by atoms with Crippen LogP contribution in [0.4, 0.5) is 0 Å². The molecule has 1 aromatic rings. The van der Waals surface area contributed by atoms with Crippen molar-refractivity contribution >= 4 is 5.96 Å². The number of aliphatic imine (C=N–C) groups is 1. The minimum absolute atomic E-state index is 0.381. The van der Waals surface area contributed by atoms with Crippen LogP contribution in [0.5, 0.6) is 0 Å². The SMILES string of the molecule is C=CCNC(=NC)NCC(c1ccccc1)N1CCC(C)CC1. The van der Waals surface area contributed by atoms with Crippen LogP contribution in [0.3, 0.4) is 0 Å². The molecular formula is C19H30N4. The molecule has 23 heavy (non-hydrogen) atoms. The fourth-order valence-electron chi connectivity index (χ4n) is 3.06. The quantitative estimate of drug-likeness (QED) is 0.482. The third-order valence-electron chi connectivity index (χ3n) is 4.54. The van der Waals surface area contributed by atoms with Crippen molar-refractivity contribution in [3.8, 4) is 0 Å². The molecule has 0 spiro atoms. The molecule has 0 saturated carbocycles. The van der Waals surface area contributed by atoms with Crippen molar-refractivity contribution in [2.75, 3.05) is 33.2 Å². The molecular weight excluding hydrogens is 284 g/mol. The lowest BCUT2D eigenvalue weighted by Crippen LogP contribution is -2.45. The summed E-state index contributed by atoms with van der Waals surface area (Å²) in [4.78, 5) is 6.88. The summed E-state index contributed by atoms with van der Waals surface area (Å²) < 4.78 is 0. The average molecular weight is 314 g/mol. The first-order valence-electron chi connectivity index (χ1n) is 8.59. The summed E-state index contributed by atoms with van der Waals surface area (Å²) in [6.07, 6.45) is 4.41. The summed E-state index contributed by atoms with van der Waals surface area (Å²) in [6.45, 7) is 10.0. The van der Waals surface area contributed by atoms with Crippen LogP contribution in [-0.4, -0.2) is 44.1 Å². The van der Waals surface area contributed by atoms with Gasteiger partial charge in [-0.1, -0.05) is 43.3 Å². The van der Waals surface area contributed by atoms with Gasteiger partial charge in [0.25, 0.3) is 0 Å². The minimum atomic E-state index is 0.381. The number of benzene rings is 1. The predicted molar refractivity (Wildman–Crippen MR) is 98.7 cm³/mol. The number of nitrogens with one attached hydrogen (secondary N) is 2. The minimum Gasteiger partial charge on any atom is -0.354 e. The van der Waals surface area contributed by atoms with Gasteiger partial charge in [0, 0.05) is 20.1 Å². The number of hydrogen-bond acceptors (Lipinski definition) is 2. The number of rotatable bonds is 6. The van der Waals surface area contributed by atoms with Crippen LogP contribution in [0.25, 0.3) is 0 Å². The van der Waals surface area contributed by atoms with Gasteiger partial charge in [-0.15, -0.1) is 6.58 Å². The Bertz CT molecular complexity index is 489. The van der Waals surface area contributed by atoms with Gasteiger partial charge in [0.05, 0.1) is 6.04 Å². The van der Waals surface area contributed by atoms with E-state index in [0.29, 0.717) is 6.04 Å². The highest BCUT2D eigenvalue weighted by Gasteiger charge is 2.24. The van der Waals surface area contributed by atoms with Gasteiger partial charge in [-0.05, 0) is 37.4 Å². The Kier molecular flexibility index (Phi) is 7.14. The Morgan fingerprint density at radius 1 is 1.30 bits per heavy atom. The lowest BCUT2D eigenvalue weighted by Gasteiger charge is -2.37. The Labute approximate surface area is 140 Å². The van der Waals surface area contributed by atoms with Crippen molar-refractivity contribution in [2.24, 2.45) is 10.9 Å². The van der Waals surface area contributed by atoms with E-state index in [0.717, 1.165) is 25.0 Å². The monoisotopic (exact) mass is 314 g/mol. The first-order chi connectivity index (χ1) is 11.2. The second-order valence-corrected chi connectivity index (χ2v) is 6.27. The molecule has 1 aliphatic rings. The van der Waals surface area contributed by atoms with E-state index in [2.05, 4.69) is 64.4 Å². The van der Waals surface area contributed by atoms with Gasteiger partial charge < -0.3 is 10.6 Å². The summed E-state index contributed by atoms with van der Waals surface area (Å²) in [6, 6.07) is 11.2. The summed E-state index contributed by atoms with van der Waals surface area (Å²) in [5.74, 6) is 1.67. The molecule has 2 rings (SSSR count). The van der Waals surface area contributed by atoms with Gasteiger partial charge in [-0.25, -0.2) is 0 Å². The normalized spacial score (nSPS) is 18.4. The van der Waals surface area contributed by atoms with E-state index in [1.54, 1.807) is 7.05 Å². The fraction of sp³-hybridized carbons (Fsp3) is 0.526. The molecule has 0 radical (unpaired) electrons. The lowest BCUT2D eigenvalue weighted by molar-refractivity contribution is 0.138. The lowest BCUT2D eigenvalue weighted by atomic mass is 9.95. The van der Waals surface area contributed by atoms with Crippen LogP contribution >= 0.6 is 0 Å². The zero-order chi connectivity index (χ0) is 16.5. The summed E-state index contributed by atoms with van der Waals surface area (Å²) >= 11 is 0. The van der Waals surface area contributed by atoms with Gasteiger partial charge >= 0.3 is 0 Å². The largest absolute Gasteiger partial charge is 0.354 e. The number of nitrogens with zero attached hydrogens (tertiary/aromatic N) is 2. The molecule has 0 aliphatic carbocycles. The fourth-order valence-corrected chi connectivity index (χ4v) is 3.06. The second kappa shape index (κ2) is 9.36. The first-order valence-corrected chi connectivity index (χ1v) is 8.59. The Morgan fingerprint density at radius 3 is 2.61 bits per heavy atom. The molecule has 1 atom stereocenters. The average Bonchev–Trinajstić information content (AvgIpc) is 2.60. The second-order valence-electron chi connectivity index (χ2n) is 6.27. The van der Waals surface area contributed by atoms with E-state index in [1.807, 2.05) is 6.08 Å². The molecule has 2 N–H and O–H groups in total. The molecule has 1 heterocycles. The molecule has 4 heteroatoms. The molecule has 1 aromatic carbocycles. The maximum atomic E-state index is 4.28. The molecule has 1 unspecified atom stereocenters. The van der Waals surface area contributed by atoms with E-state index in [4.69, 9.17) is 0 Å². The van der Waals surface area contributed by atoms with Crippen LogP contribution in [-0.2, 0) is 0 Å². The summed E-state index contributed by atoms with van der Waals surface area (Å²) in [5, 5.41) is 6.70. The van der Waals surface area contributed by atoms with Gasteiger partial charge in [0.1, 0.15) is 0 Å². The van der Waals surface area contributed by atoms with Gasteiger partial charge in [0.15, 0.2) is 5.96 Å². The van der Waals surface area contributed by atoms with Crippen molar-refractivity contribution < 1.29 is 0 Å². The highest BCUT2D eigenvalue weighted by atomic mass is 15.2. The zero-order valence-corrected chi connectivity index (χ0v) is 14.5. The summed E-state index contributed by atoms with van der Waals surface area (Å²) in [5.41, 5.74) is 1.37. The van der Waals surface area contributed by atoms with Crippen LogP contribution in [0, 0.1) is 5.92 Å². The smallest absolute Gasteiger partial charge is 0.191 e. The Balaban J connectivity index is 2.03. The predicted octanol–water partition coefficient (Wildman–Crippen LogP) is 2.81. The Morgan fingerprint density at radius 2 is 2.00 bits per heavy atom. The third kappa shape index (κ3) is 5.39. The topological polar surface area (TPSA) is 39.7 Å². The van der Waals surface area contributed by atoms with E-state index < -0.39 is 0 Å². The number of hydrogen-bond donors (Lipinski definition) is 2. The van der Waals surface area contributed by atoms with Crippen LogP contribution in [0.15, 0.2) is 48.0 Å². The number of piperidine rings is 1. The molecule has 1 aliphatic heterocycles. The molecule has 1 fully saturated rings. The van der Waals surface area contributed by atoms with E-state index >= 15 is 0 Å². The molecule has 0 bridgehead atoms. The van der Waals surface area contributed by atoms with Crippen molar-refractivity contribution in [1.29, 1.82) is 0 Å². The van der Waals surface area contributed by atoms with Gasteiger partial charge in [-0.2, -0.15) is 0 Å². The van der Waals surface area contributed by atoms with Crippen LogP contribution in [0.2, 0.25) is 0 Å². The number of guanidine groups is 1. The maximum absolute atomic E-state index is 4.28. The zero-order valence-electron chi connectivity index (χ0n) is 14.5.